The first-order chi connectivity index (χ1) is 9.17. The van der Waals surface area contributed by atoms with E-state index in [1.165, 1.54) is 17.5 Å². The third-order valence-corrected chi connectivity index (χ3v) is 4.85. The summed E-state index contributed by atoms with van der Waals surface area (Å²) in [4.78, 5) is 4.11. The second kappa shape index (κ2) is 4.61. The standard InChI is InChI=1S/C14H11ClN2OS/c15-11-7-17-13(19-11)12(18)14(8-16)6-5-9-3-1-2-4-10(9)14/h1-4,7,12,18H,5-6H2. The minimum absolute atomic E-state index is 0.503. The van der Waals surface area contributed by atoms with Crippen LogP contribution in [0.2, 0.25) is 4.34 Å². The molecule has 0 saturated heterocycles. The highest BCUT2D eigenvalue weighted by Gasteiger charge is 2.46. The summed E-state index contributed by atoms with van der Waals surface area (Å²) in [6.07, 6.45) is 2.00. The van der Waals surface area contributed by atoms with Gasteiger partial charge in [0.15, 0.2) is 0 Å². The number of halogens is 1. The minimum atomic E-state index is -0.932. The molecule has 1 aliphatic rings. The summed E-state index contributed by atoms with van der Waals surface area (Å²) < 4.78 is 0.522. The fraction of sp³-hybridized carbons (Fsp3) is 0.286. The van der Waals surface area contributed by atoms with Gasteiger partial charge in [-0.25, -0.2) is 4.98 Å². The largest absolute Gasteiger partial charge is 0.384 e. The number of benzene rings is 1. The summed E-state index contributed by atoms with van der Waals surface area (Å²) in [5, 5.41) is 20.7. The molecule has 0 amide bonds. The lowest BCUT2D eigenvalue weighted by Crippen LogP contribution is -2.29. The third kappa shape index (κ3) is 1.86. The highest BCUT2D eigenvalue weighted by atomic mass is 35.5. The van der Waals surface area contributed by atoms with Gasteiger partial charge < -0.3 is 5.11 Å². The van der Waals surface area contributed by atoms with Crippen molar-refractivity contribution in [2.45, 2.75) is 24.4 Å². The number of rotatable bonds is 2. The Labute approximate surface area is 120 Å². The van der Waals surface area contributed by atoms with Gasteiger partial charge in [0, 0.05) is 0 Å². The molecule has 96 valence electrons. The highest BCUT2D eigenvalue weighted by molar-refractivity contribution is 7.15. The Hall–Kier alpha value is -1.41. The monoisotopic (exact) mass is 290 g/mol. The average molecular weight is 291 g/mol. The molecule has 0 bridgehead atoms. The molecular weight excluding hydrogens is 280 g/mol. The van der Waals surface area contributed by atoms with Crippen molar-refractivity contribution in [3.05, 3.63) is 50.9 Å². The highest BCUT2D eigenvalue weighted by Crippen LogP contribution is 2.47. The Kier molecular flexibility index (Phi) is 3.06. The molecule has 2 aromatic rings. The first-order valence-corrected chi connectivity index (χ1v) is 7.16. The Morgan fingerprint density at radius 2 is 2.26 bits per heavy atom. The van der Waals surface area contributed by atoms with Crippen LogP contribution in [0.1, 0.15) is 28.7 Å². The molecule has 1 aliphatic carbocycles. The van der Waals surface area contributed by atoms with E-state index in [0.29, 0.717) is 15.8 Å². The lowest BCUT2D eigenvalue weighted by Gasteiger charge is -2.26. The summed E-state index contributed by atoms with van der Waals surface area (Å²) in [7, 11) is 0. The van der Waals surface area contributed by atoms with E-state index < -0.39 is 11.5 Å². The van der Waals surface area contributed by atoms with Crippen LogP contribution in [0.25, 0.3) is 0 Å². The van der Waals surface area contributed by atoms with Gasteiger partial charge >= 0.3 is 0 Å². The number of nitrogens with zero attached hydrogens (tertiary/aromatic N) is 2. The van der Waals surface area contributed by atoms with E-state index in [2.05, 4.69) is 11.1 Å². The van der Waals surface area contributed by atoms with E-state index in [0.717, 1.165) is 17.5 Å². The number of hydrogen-bond donors (Lipinski definition) is 1. The SMILES string of the molecule is N#CC1(C(O)c2ncc(Cl)s2)CCc2ccccc21. The van der Waals surface area contributed by atoms with E-state index in [1.807, 2.05) is 24.3 Å². The van der Waals surface area contributed by atoms with Crippen molar-refractivity contribution >= 4 is 22.9 Å². The summed E-state index contributed by atoms with van der Waals surface area (Å²) in [6, 6.07) is 10.1. The lowest BCUT2D eigenvalue weighted by atomic mass is 9.78. The first kappa shape index (κ1) is 12.6. The van der Waals surface area contributed by atoms with Crippen LogP contribution in [-0.2, 0) is 11.8 Å². The molecule has 19 heavy (non-hydrogen) atoms. The number of aliphatic hydroxyl groups excluding tert-OH is 1. The number of nitriles is 1. The molecule has 0 spiro atoms. The van der Waals surface area contributed by atoms with Gasteiger partial charge in [-0.05, 0) is 24.0 Å². The Morgan fingerprint density at radius 3 is 2.95 bits per heavy atom. The van der Waals surface area contributed by atoms with Crippen molar-refractivity contribution in [3.8, 4) is 6.07 Å². The zero-order valence-corrected chi connectivity index (χ0v) is 11.6. The number of fused-ring (bicyclic) bond motifs is 1. The van der Waals surface area contributed by atoms with E-state index in [9.17, 15) is 10.4 Å². The normalized spacial score (nSPS) is 22.8. The van der Waals surface area contributed by atoms with Crippen LogP contribution in [0.15, 0.2) is 30.5 Å². The maximum absolute atomic E-state index is 10.6. The summed E-state index contributed by atoms with van der Waals surface area (Å²) >= 11 is 7.09. The van der Waals surface area contributed by atoms with Crippen molar-refractivity contribution in [2.75, 3.05) is 0 Å². The molecule has 0 radical (unpaired) electrons. The average Bonchev–Trinajstić information content (AvgIpc) is 3.02. The van der Waals surface area contributed by atoms with Crippen molar-refractivity contribution in [1.82, 2.24) is 4.98 Å². The van der Waals surface area contributed by atoms with Crippen LogP contribution in [0.5, 0.6) is 0 Å². The van der Waals surface area contributed by atoms with Crippen molar-refractivity contribution in [3.63, 3.8) is 0 Å². The number of hydrogen-bond acceptors (Lipinski definition) is 4. The van der Waals surface area contributed by atoms with Crippen molar-refractivity contribution < 1.29 is 5.11 Å². The van der Waals surface area contributed by atoms with Gasteiger partial charge in [0.2, 0.25) is 0 Å². The van der Waals surface area contributed by atoms with Gasteiger partial charge in [-0.2, -0.15) is 5.26 Å². The minimum Gasteiger partial charge on any atom is -0.384 e. The van der Waals surface area contributed by atoms with Crippen molar-refractivity contribution in [1.29, 1.82) is 5.26 Å². The van der Waals surface area contributed by atoms with E-state index in [-0.39, 0.29) is 0 Å². The van der Waals surface area contributed by atoms with Gasteiger partial charge in [-0.15, -0.1) is 11.3 Å². The van der Waals surface area contributed by atoms with Gasteiger partial charge in [-0.3, -0.25) is 0 Å². The van der Waals surface area contributed by atoms with E-state index in [4.69, 9.17) is 11.6 Å². The van der Waals surface area contributed by atoms with Crippen LogP contribution >= 0.6 is 22.9 Å². The Balaban J connectivity index is 2.09. The molecule has 0 fully saturated rings. The number of aromatic nitrogens is 1. The molecule has 1 heterocycles. The molecule has 5 heteroatoms. The molecule has 0 saturated carbocycles. The molecule has 1 aromatic carbocycles. The fourth-order valence-corrected chi connectivity index (χ4v) is 3.71. The maximum atomic E-state index is 10.6. The molecular formula is C14H11ClN2OS. The van der Waals surface area contributed by atoms with Crippen LogP contribution in [-0.4, -0.2) is 10.1 Å². The first-order valence-electron chi connectivity index (χ1n) is 5.96. The summed E-state index contributed by atoms with van der Waals surface area (Å²) in [5.74, 6) is 0. The molecule has 1 N–H and O–H groups in total. The molecule has 2 atom stereocenters. The topological polar surface area (TPSA) is 56.9 Å². The predicted octanol–water partition coefficient (Wildman–Crippen LogP) is 3.24. The fourth-order valence-electron chi connectivity index (χ4n) is 2.71. The molecule has 1 aromatic heterocycles. The maximum Gasteiger partial charge on any atom is 0.128 e. The summed E-state index contributed by atoms with van der Waals surface area (Å²) in [6.45, 7) is 0. The molecule has 2 unspecified atom stereocenters. The van der Waals surface area contributed by atoms with Crippen molar-refractivity contribution in [2.24, 2.45) is 0 Å². The van der Waals surface area contributed by atoms with Crippen LogP contribution in [0.4, 0.5) is 0 Å². The van der Waals surface area contributed by atoms with E-state index in [1.54, 1.807) is 0 Å². The van der Waals surface area contributed by atoms with Gasteiger partial charge in [0.25, 0.3) is 0 Å². The lowest BCUT2D eigenvalue weighted by molar-refractivity contribution is 0.110. The van der Waals surface area contributed by atoms with Gasteiger partial charge in [0.05, 0.1) is 12.3 Å². The predicted molar refractivity (Wildman–Crippen MR) is 74.1 cm³/mol. The zero-order valence-electron chi connectivity index (χ0n) is 10.0. The second-order valence-corrected chi connectivity index (χ2v) is 6.34. The molecule has 0 aliphatic heterocycles. The van der Waals surface area contributed by atoms with Gasteiger partial charge in [-0.1, -0.05) is 35.9 Å². The Morgan fingerprint density at radius 1 is 1.47 bits per heavy atom. The molecule has 3 nitrogen and oxygen atoms in total. The Bertz CT molecular complexity index is 663. The second-order valence-electron chi connectivity index (χ2n) is 4.65. The van der Waals surface area contributed by atoms with Crippen LogP contribution < -0.4 is 0 Å². The van der Waals surface area contributed by atoms with Gasteiger partial charge in [0.1, 0.15) is 20.9 Å². The third-order valence-electron chi connectivity index (χ3n) is 3.68. The zero-order chi connectivity index (χ0) is 13.5. The van der Waals surface area contributed by atoms with Crippen LogP contribution in [0.3, 0.4) is 0 Å². The quantitative estimate of drug-likeness (QED) is 0.924. The smallest absolute Gasteiger partial charge is 0.128 e. The summed E-state index contributed by atoms with van der Waals surface area (Å²) in [5.41, 5.74) is 1.14. The number of aryl methyl sites for hydroxylation is 1. The number of aliphatic hydroxyl groups is 1. The molecule has 3 rings (SSSR count). The number of thiazole rings is 1. The van der Waals surface area contributed by atoms with E-state index >= 15 is 0 Å². The van der Waals surface area contributed by atoms with Crippen LogP contribution in [0, 0.1) is 11.3 Å².